The van der Waals surface area contributed by atoms with Crippen LogP contribution >= 0.6 is 0 Å². The summed E-state index contributed by atoms with van der Waals surface area (Å²) in [7, 11) is 0. The van der Waals surface area contributed by atoms with Gasteiger partial charge in [0.15, 0.2) is 0 Å². The van der Waals surface area contributed by atoms with Crippen LogP contribution < -0.4 is 5.32 Å². The standard InChI is InChI=1S/C14H21N3O/c1-14(2)10-16-8-12(5-6-15)17(11-14)9-13-4-3-7-18-13/h3-4,7,12,16H,5,8-11H2,1-2H3. The summed E-state index contributed by atoms with van der Waals surface area (Å²) in [5.41, 5.74) is 0.219. The van der Waals surface area contributed by atoms with E-state index in [1.165, 1.54) is 0 Å². The number of furan rings is 1. The molecule has 2 rings (SSSR count). The third-order valence-electron chi connectivity index (χ3n) is 3.40. The van der Waals surface area contributed by atoms with Crippen LogP contribution in [0.5, 0.6) is 0 Å². The molecule has 18 heavy (non-hydrogen) atoms. The van der Waals surface area contributed by atoms with Gasteiger partial charge in [-0.2, -0.15) is 5.26 Å². The van der Waals surface area contributed by atoms with Crippen molar-refractivity contribution >= 4 is 0 Å². The van der Waals surface area contributed by atoms with Crippen molar-refractivity contribution in [1.82, 2.24) is 10.2 Å². The van der Waals surface area contributed by atoms with Crippen molar-refractivity contribution in [2.75, 3.05) is 19.6 Å². The minimum Gasteiger partial charge on any atom is -0.468 e. The number of hydrogen-bond acceptors (Lipinski definition) is 4. The first-order chi connectivity index (χ1) is 8.61. The summed E-state index contributed by atoms with van der Waals surface area (Å²) in [5.74, 6) is 0.968. The lowest BCUT2D eigenvalue weighted by molar-refractivity contribution is 0.140. The smallest absolute Gasteiger partial charge is 0.117 e. The van der Waals surface area contributed by atoms with Crippen molar-refractivity contribution in [1.29, 1.82) is 5.26 Å². The second-order valence-corrected chi connectivity index (χ2v) is 5.80. The van der Waals surface area contributed by atoms with Gasteiger partial charge in [0.2, 0.25) is 0 Å². The second kappa shape index (κ2) is 5.55. The molecule has 0 amide bonds. The van der Waals surface area contributed by atoms with Crippen LogP contribution in [0.4, 0.5) is 0 Å². The number of rotatable bonds is 3. The maximum atomic E-state index is 8.96. The fourth-order valence-corrected chi connectivity index (χ4v) is 2.54. The van der Waals surface area contributed by atoms with Gasteiger partial charge in [0, 0.05) is 25.7 Å². The molecule has 2 heterocycles. The molecule has 0 spiro atoms. The van der Waals surface area contributed by atoms with Gasteiger partial charge in [-0.15, -0.1) is 0 Å². The van der Waals surface area contributed by atoms with E-state index in [9.17, 15) is 0 Å². The minimum absolute atomic E-state index is 0.219. The number of nitrogens with zero attached hydrogens (tertiary/aromatic N) is 2. The Morgan fingerprint density at radius 2 is 2.44 bits per heavy atom. The maximum absolute atomic E-state index is 8.96. The van der Waals surface area contributed by atoms with E-state index in [0.29, 0.717) is 6.42 Å². The van der Waals surface area contributed by atoms with Crippen LogP contribution in [0.2, 0.25) is 0 Å². The SMILES string of the molecule is CC1(C)CNCC(CC#N)N(Cc2ccco2)C1. The molecule has 1 atom stereocenters. The van der Waals surface area contributed by atoms with E-state index in [4.69, 9.17) is 9.68 Å². The van der Waals surface area contributed by atoms with Crippen molar-refractivity contribution < 1.29 is 4.42 Å². The first kappa shape index (κ1) is 13.1. The topological polar surface area (TPSA) is 52.2 Å². The Labute approximate surface area is 109 Å². The molecular formula is C14H21N3O. The predicted octanol–water partition coefficient (Wildman–Crippen LogP) is 1.99. The molecule has 1 aromatic heterocycles. The highest BCUT2D eigenvalue weighted by molar-refractivity contribution is 5.00. The Bertz CT molecular complexity index is 405. The molecule has 1 saturated heterocycles. The van der Waals surface area contributed by atoms with Crippen molar-refractivity contribution in [3.63, 3.8) is 0 Å². The van der Waals surface area contributed by atoms with Gasteiger partial charge in [-0.3, -0.25) is 4.90 Å². The van der Waals surface area contributed by atoms with E-state index < -0.39 is 0 Å². The van der Waals surface area contributed by atoms with E-state index >= 15 is 0 Å². The lowest BCUT2D eigenvalue weighted by atomic mass is 9.93. The molecule has 1 aromatic rings. The van der Waals surface area contributed by atoms with Crippen LogP contribution in [-0.2, 0) is 6.54 Å². The number of hydrogen-bond donors (Lipinski definition) is 1. The van der Waals surface area contributed by atoms with Crippen LogP contribution in [0.1, 0.15) is 26.0 Å². The van der Waals surface area contributed by atoms with E-state index in [0.717, 1.165) is 31.9 Å². The van der Waals surface area contributed by atoms with Crippen LogP contribution in [0, 0.1) is 16.7 Å². The largest absolute Gasteiger partial charge is 0.468 e. The molecule has 4 nitrogen and oxygen atoms in total. The van der Waals surface area contributed by atoms with Gasteiger partial charge >= 0.3 is 0 Å². The Morgan fingerprint density at radius 1 is 1.61 bits per heavy atom. The van der Waals surface area contributed by atoms with Crippen molar-refractivity contribution in [3.8, 4) is 6.07 Å². The molecule has 0 aliphatic carbocycles. The molecule has 0 bridgehead atoms. The molecule has 1 aliphatic heterocycles. The van der Waals surface area contributed by atoms with Crippen LogP contribution in [0.3, 0.4) is 0 Å². The van der Waals surface area contributed by atoms with Gasteiger partial charge in [-0.25, -0.2) is 0 Å². The predicted molar refractivity (Wildman–Crippen MR) is 69.8 cm³/mol. The van der Waals surface area contributed by atoms with Crippen molar-refractivity contribution in [2.24, 2.45) is 5.41 Å². The summed E-state index contributed by atoms with van der Waals surface area (Å²) >= 11 is 0. The number of nitrogens with one attached hydrogen (secondary N) is 1. The van der Waals surface area contributed by atoms with E-state index in [2.05, 4.69) is 30.1 Å². The molecule has 1 aliphatic rings. The Kier molecular flexibility index (Phi) is 4.05. The summed E-state index contributed by atoms with van der Waals surface area (Å²) in [6.07, 6.45) is 2.26. The second-order valence-electron chi connectivity index (χ2n) is 5.80. The van der Waals surface area contributed by atoms with Gasteiger partial charge < -0.3 is 9.73 Å². The zero-order chi connectivity index (χ0) is 13.0. The van der Waals surface area contributed by atoms with Crippen molar-refractivity contribution in [3.05, 3.63) is 24.2 Å². The molecule has 0 radical (unpaired) electrons. The summed E-state index contributed by atoms with van der Waals surface area (Å²) in [6.45, 7) is 8.13. The van der Waals surface area contributed by atoms with Gasteiger partial charge in [-0.1, -0.05) is 13.8 Å². The quantitative estimate of drug-likeness (QED) is 0.887. The summed E-state index contributed by atoms with van der Waals surface area (Å²) < 4.78 is 5.43. The zero-order valence-corrected chi connectivity index (χ0v) is 11.1. The van der Waals surface area contributed by atoms with Crippen LogP contribution in [-0.4, -0.2) is 30.6 Å². The minimum atomic E-state index is 0.219. The first-order valence-corrected chi connectivity index (χ1v) is 6.45. The summed E-state index contributed by atoms with van der Waals surface area (Å²) in [5, 5.41) is 12.4. The monoisotopic (exact) mass is 247 g/mol. The fourth-order valence-electron chi connectivity index (χ4n) is 2.54. The third kappa shape index (κ3) is 3.34. The van der Waals surface area contributed by atoms with E-state index in [1.54, 1.807) is 6.26 Å². The Morgan fingerprint density at radius 3 is 3.11 bits per heavy atom. The molecule has 0 aromatic carbocycles. The fraction of sp³-hybridized carbons (Fsp3) is 0.643. The zero-order valence-electron chi connectivity index (χ0n) is 11.1. The normalized spacial score (nSPS) is 24.4. The molecule has 4 heteroatoms. The molecule has 1 N–H and O–H groups in total. The average Bonchev–Trinajstić information content (AvgIpc) is 2.74. The van der Waals surface area contributed by atoms with Crippen LogP contribution in [0.15, 0.2) is 22.8 Å². The highest BCUT2D eigenvalue weighted by atomic mass is 16.3. The van der Waals surface area contributed by atoms with E-state index in [1.807, 2.05) is 12.1 Å². The molecule has 1 fully saturated rings. The Hall–Kier alpha value is -1.31. The summed E-state index contributed by atoms with van der Waals surface area (Å²) in [6, 6.07) is 6.46. The van der Waals surface area contributed by atoms with Crippen molar-refractivity contribution in [2.45, 2.75) is 32.9 Å². The maximum Gasteiger partial charge on any atom is 0.117 e. The van der Waals surface area contributed by atoms with Gasteiger partial charge in [0.05, 0.1) is 25.3 Å². The highest BCUT2D eigenvalue weighted by Gasteiger charge is 2.30. The third-order valence-corrected chi connectivity index (χ3v) is 3.40. The van der Waals surface area contributed by atoms with Gasteiger partial charge in [0.25, 0.3) is 0 Å². The lowest BCUT2D eigenvalue weighted by Gasteiger charge is -2.32. The average molecular weight is 247 g/mol. The molecule has 1 unspecified atom stereocenters. The van der Waals surface area contributed by atoms with Crippen LogP contribution in [0.25, 0.3) is 0 Å². The molecule has 98 valence electrons. The Balaban J connectivity index is 2.11. The van der Waals surface area contributed by atoms with Gasteiger partial charge in [-0.05, 0) is 17.5 Å². The van der Waals surface area contributed by atoms with E-state index in [-0.39, 0.29) is 11.5 Å². The first-order valence-electron chi connectivity index (χ1n) is 6.45. The molecule has 0 saturated carbocycles. The number of nitriles is 1. The lowest BCUT2D eigenvalue weighted by Crippen LogP contribution is -2.40. The summed E-state index contributed by atoms with van der Waals surface area (Å²) in [4.78, 5) is 2.36. The van der Waals surface area contributed by atoms with Gasteiger partial charge in [0.1, 0.15) is 5.76 Å². The molecular weight excluding hydrogens is 226 g/mol. The highest BCUT2D eigenvalue weighted by Crippen LogP contribution is 2.23.